The molecular formula is C111H178O26. The number of carbonyl (C=O) groups is 11. The fourth-order valence-corrected chi connectivity index (χ4v) is 27.7. The summed E-state index contributed by atoms with van der Waals surface area (Å²) in [6.07, 6.45) is 31.5. The van der Waals surface area contributed by atoms with Gasteiger partial charge in [0, 0.05) is 51.4 Å². The number of carbonyl (C=O) groups excluding carboxylic acids is 11. The van der Waals surface area contributed by atoms with E-state index in [2.05, 4.69) is 0 Å². The Balaban J connectivity index is 0.000000168. The SMILES string of the molecule is CCC(C)(C)C(=O)OC12CC3(C(=O)OC4(C)CCCC4)CC(C(=O)OC4(C)CCCC4)(C1)CC(C(=O)OC1(C)CCCC1)(C2)C3.CCC(C)(C)C(=O)OC12CC3CC(CC(OCC(=O)OC(C)(C)C)(C3)C1)C2.CCC(C)(C)C(=O)OC12CC3CC(CC(OCC(=O)OC(C)(C)C)(C3)C1)C2.CCC(C)(C)OC(=O)COC12CC3CC(OCC(=O)OC(C)(C)CC)(C1)CC(OC(=O)C(C)(C)CC)(C3)C2. The van der Waals surface area contributed by atoms with Crippen molar-refractivity contribution in [2.24, 2.45) is 67.5 Å². The molecule has 19 fully saturated rings. The number of esters is 11. The Morgan fingerprint density at radius 2 is 0.460 bits per heavy atom. The molecule has 778 valence electrons. The summed E-state index contributed by atoms with van der Waals surface area (Å²) in [7, 11) is 0. The minimum absolute atomic E-state index is 0.0266. The van der Waals surface area contributed by atoms with Crippen LogP contribution in [0.2, 0.25) is 0 Å². The second-order valence-corrected chi connectivity index (χ2v) is 53.4. The highest BCUT2D eigenvalue weighted by Crippen LogP contribution is 2.74. The van der Waals surface area contributed by atoms with Gasteiger partial charge in [-0.3, -0.25) is 33.6 Å². The van der Waals surface area contributed by atoms with Crippen LogP contribution < -0.4 is 0 Å². The number of ether oxygens (including phenoxy) is 15. The number of hydrogen-bond acceptors (Lipinski definition) is 26. The molecule has 16 bridgehead atoms. The molecule has 19 rings (SSSR count). The molecule has 19 aliphatic rings. The van der Waals surface area contributed by atoms with E-state index in [0.717, 1.165) is 161 Å². The van der Waals surface area contributed by atoms with Crippen LogP contribution in [0, 0.1) is 67.5 Å². The van der Waals surface area contributed by atoms with Crippen molar-refractivity contribution in [3.63, 3.8) is 0 Å². The highest BCUT2D eigenvalue weighted by Gasteiger charge is 2.78. The Kier molecular flexibility index (Phi) is 31.4. The van der Waals surface area contributed by atoms with Gasteiger partial charge in [0.15, 0.2) is 0 Å². The number of hydrogen-bond donors (Lipinski definition) is 0. The van der Waals surface area contributed by atoms with Crippen molar-refractivity contribution in [1.82, 2.24) is 0 Å². The van der Waals surface area contributed by atoms with Gasteiger partial charge in [0.1, 0.15) is 88.0 Å². The van der Waals surface area contributed by atoms with E-state index in [4.69, 9.17) is 71.1 Å². The van der Waals surface area contributed by atoms with Gasteiger partial charge in [-0.1, -0.05) is 41.5 Å². The van der Waals surface area contributed by atoms with Crippen LogP contribution in [-0.4, -0.2) is 176 Å². The summed E-state index contributed by atoms with van der Waals surface area (Å²) in [5.74, 6) is -1.12. The Hall–Kier alpha value is -5.99. The minimum Gasteiger partial charge on any atom is -0.459 e. The third-order valence-electron chi connectivity index (χ3n) is 35.4. The van der Waals surface area contributed by atoms with Crippen molar-refractivity contribution in [1.29, 1.82) is 0 Å². The molecule has 137 heavy (non-hydrogen) atoms. The predicted octanol–water partition coefficient (Wildman–Crippen LogP) is 22.2. The van der Waals surface area contributed by atoms with E-state index in [1.54, 1.807) is 0 Å². The Labute approximate surface area is 819 Å². The second-order valence-electron chi connectivity index (χ2n) is 53.4. The lowest BCUT2D eigenvalue weighted by molar-refractivity contribution is -0.287. The summed E-state index contributed by atoms with van der Waals surface area (Å²) in [4.78, 5) is 146. The fourth-order valence-electron chi connectivity index (χ4n) is 27.7. The Morgan fingerprint density at radius 1 is 0.241 bits per heavy atom. The molecular weight excluding hydrogens is 1750 g/mol. The molecule has 0 aromatic rings. The first-order valence-electron chi connectivity index (χ1n) is 53.1. The van der Waals surface area contributed by atoms with E-state index in [1.807, 2.05) is 187 Å². The first kappa shape index (κ1) is 110. The lowest BCUT2D eigenvalue weighted by Crippen LogP contribution is -2.71. The fraction of sp³-hybridized carbons (Fsp3) is 0.901. The molecule has 19 aliphatic carbocycles. The van der Waals surface area contributed by atoms with Crippen molar-refractivity contribution in [3.05, 3.63) is 0 Å². The smallest absolute Gasteiger partial charge is 0.332 e. The van der Waals surface area contributed by atoms with Crippen molar-refractivity contribution < 1.29 is 124 Å². The monoisotopic (exact) mass is 1930 g/mol. The van der Waals surface area contributed by atoms with Gasteiger partial charge in [-0.15, -0.1) is 0 Å². The lowest BCUT2D eigenvalue weighted by atomic mass is 9.38. The van der Waals surface area contributed by atoms with Gasteiger partial charge < -0.3 is 71.1 Å². The van der Waals surface area contributed by atoms with Crippen LogP contribution in [0.25, 0.3) is 0 Å². The Morgan fingerprint density at radius 3 is 0.723 bits per heavy atom. The van der Waals surface area contributed by atoms with Gasteiger partial charge in [-0.25, -0.2) is 19.2 Å². The van der Waals surface area contributed by atoms with Gasteiger partial charge in [-0.05, 0) is 393 Å². The normalized spacial score (nSPS) is 34.6. The summed E-state index contributed by atoms with van der Waals surface area (Å²) in [5, 5.41) is 0. The maximum Gasteiger partial charge on any atom is 0.332 e. The van der Waals surface area contributed by atoms with E-state index in [9.17, 15) is 52.7 Å². The van der Waals surface area contributed by atoms with Gasteiger partial charge >= 0.3 is 65.7 Å². The number of rotatable bonds is 34. The van der Waals surface area contributed by atoms with Crippen molar-refractivity contribution in [3.8, 4) is 0 Å². The third-order valence-corrected chi connectivity index (χ3v) is 35.4. The quantitative estimate of drug-likeness (QED) is 0.0427. The van der Waals surface area contributed by atoms with Gasteiger partial charge in [0.2, 0.25) is 0 Å². The maximum absolute atomic E-state index is 14.6. The third kappa shape index (κ3) is 25.5. The zero-order valence-corrected chi connectivity index (χ0v) is 89.5. The second kappa shape index (κ2) is 39.2. The average Bonchev–Trinajstić information content (AvgIpc) is 1.01. The molecule has 19 saturated carbocycles. The van der Waals surface area contributed by atoms with Crippen LogP contribution in [0.15, 0.2) is 0 Å². The highest BCUT2D eigenvalue weighted by molar-refractivity contribution is 5.90. The molecule has 0 aromatic heterocycles. The van der Waals surface area contributed by atoms with Gasteiger partial charge in [0.05, 0.1) is 60.3 Å². The molecule has 6 unspecified atom stereocenters. The van der Waals surface area contributed by atoms with E-state index >= 15 is 0 Å². The molecule has 0 radical (unpaired) electrons. The molecule has 0 saturated heterocycles. The predicted molar refractivity (Wildman–Crippen MR) is 513 cm³/mol. The van der Waals surface area contributed by atoms with Crippen LogP contribution >= 0.6 is 0 Å². The van der Waals surface area contributed by atoms with Crippen LogP contribution in [0.4, 0.5) is 0 Å². The maximum atomic E-state index is 14.6. The highest BCUT2D eigenvalue weighted by atomic mass is 16.6. The van der Waals surface area contributed by atoms with E-state index in [1.165, 1.54) is 12.8 Å². The van der Waals surface area contributed by atoms with E-state index < -0.39 is 123 Å². The molecule has 0 aliphatic heterocycles. The van der Waals surface area contributed by atoms with Crippen LogP contribution in [0.1, 0.15) is 457 Å². The van der Waals surface area contributed by atoms with E-state index in [0.29, 0.717) is 81.5 Å². The van der Waals surface area contributed by atoms with Crippen molar-refractivity contribution in [2.45, 2.75) is 541 Å². The molecule has 26 nitrogen and oxygen atoms in total. The summed E-state index contributed by atoms with van der Waals surface area (Å²) in [6.45, 7) is 51.4. The minimum atomic E-state index is -1.18. The van der Waals surface area contributed by atoms with Gasteiger partial charge in [-0.2, -0.15) is 0 Å². The lowest BCUT2D eigenvalue weighted by Gasteiger charge is -2.67. The Bertz CT molecular complexity index is 4090. The summed E-state index contributed by atoms with van der Waals surface area (Å²) >= 11 is 0. The zero-order chi connectivity index (χ0) is 101. The van der Waals surface area contributed by atoms with Crippen LogP contribution in [0.5, 0.6) is 0 Å². The van der Waals surface area contributed by atoms with Crippen molar-refractivity contribution in [2.75, 3.05) is 26.4 Å². The largest absolute Gasteiger partial charge is 0.459 e. The van der Waals surface area contributed by atoms with Crippen molar-refractivity contribution >= 4 is 65.7 Å². The van der Waals surface area contributed by atoms with Gasteiger partial charge in [0.25, 0.3) is 0 Å². The molecule has 0 aromatic carbocycles. The zero-order valence-electron chi connectivity index (χ0n) is 89.5. The molecule has 0 N–H and O–H groups in total. The molecule has 0 amide bonds. The van der Waals surface area contributed by atoms with Crippen LogP contribution in [0.3, 0.4) is 0 Å². The molecule has 0 heterocycles. The summed E-state index contributed by atoms with van der Waals surface area (Å²) in [6, 6.07) is 0. The molecule has 6 atom stereocenters. The van der Waals surface area contributed by atoms with Crippen LogP contribution in [-0.2, 0) is 124 Å². The average molecular weight is 1930 g/mol. The molecule has 26 heteroatoms. The first-order chi connectivity index (χ1) is 63.1. The first-order valence-corrected chi connectivity index (χ1v) is 53.1. The topological polar surface area (TPSA) is 326 Å². The summed E-state index contributed by atoms with van der Waals surface area (Å²) < 4.78 is 91.6. The molecule has 0 spiro atoms. The summed E-state index contributed by atoms with van der Waals surface area (Å²) in [5.41, 5.74) is -14.6. The van der Waals surface area contributed by atoms with E-state index in [-0.39, 0.29) is 136 Å². The standard InChI is InChI=1S/C37H56O8.C30H50O8.2C22H36O5/c1-7-30(2,3)26(38)45-37-23-34(27(39)42-31(4)14-8-9-15-31)20-35(24-37,28(40)43-32(5)16-10-11-17-32)22-36(21-34,25-37)29(41)44-33(6)18-12-13-19-33;1-10-25(4,5)24(33)38-30-15-21-13-28(19-30,34-16-22(31)36-26(6,7)11-2)18-29(14-21,20-30)35-17-23(32)37-27(8,9)12-3;2*1-7-20(5,6)18(24)27-22-11-15-8-16(12-22)10-21(9-15,14-22)25-13-17(23)26-19(2,3)4/h7-25H2,1-6H3;21H,10-20H2,1-9H3;2*15-16H,7-14H2,1-6H3.